The maximum atomic E-state index is 12.4. The van der Waals surface area contributed by atoms with Crippen LogP contribution in [0.25, 0.3) is 0 Å². The van der Waals surface area contributed by atoms with Gasteiger partial charge in [0.15, 0.2) is 5.60 Å². The van der Waals surface area contributed by atoms with Crippen molar-refractivity contribution in [1.29, 1.82) is 0 Å². The third-order valence-electron chi connectivity index (χ3n) is 4.20. The lowest BCUT2D eigenvalue weighted by molar-refractivity contribution is 0.0818. The van der Waals surface area contributed by atoms with Gasteiger partial charge in [0.2, 0.25) is 5.78 Å². The van der Waals surface area contributed by atoms with Gasteiger partial charge in [-0.15, -0.1) is 0 Å². The first-order valence-electron chi connectivity index (χ1n) is 7.42. The summed E-state index contributed by atoms with van der Waals surface area (Å²) in [5.41, 5.74) is 0.102. The molecule has 4 heteroatoms. The lowest BCUT2D eigenvalue weighted by Crippen LogP contribution is -2.28. The molecular formula is C16H21NO3. The van der Waals surface area contributed by atoms with Crippen LogP contribution in [-0.4, -0.2) is 42.5 Å². The van der Waals surface area contributed by atoms with Gasteiger partial charge in [-0.25, -0.2) is 0 Å². The summed E-state index contributed by atoms with van der Waals surface area (Å²) < 4.78 is 11.6. The van der Waals surface area contributed by atoms with Crippen molar-refractivity contribution in [3.05, 3.63) is 23.8 Å². The molecular weight excluding hydrogens is 254 g/mol. The number of rotatable bonds is 6. The van der Waals surface area contributed by atoms with Crippen LogP contribution in [0.4, 0.5) is 0 Å². The number of Topliss-reactive ketones (excluding diaryl/α,β-unsaturated/α-hetero) is 1. The van der Waals surface area contributed by atoms with Crippen LogP contribution in [0.3, 0.4) is 0 Å². The predicted octanol–water partition coefficient (Wildman–Crippen LogP) is 2.51. The smallest absolute Gasteiger partial charge is 0.213 e. The number of carbonyl (C=O) groups is 1. The van der Waals surface area contributed by atoms with Gasteiger partial charge < -0.3 is 14.4 Å². The summed E-state index contributed by atoms with van der Waals surface area (Å²) in [6.45, 7) is 7.76. The van der Waals surface area contributed by atoms with Crippen LogP contribution in [0.2, 0.25) is 0 Å². The minimum atomic E-state index is -0.541. The van der Waals surface area contributed by atoms with Gasteiger partial charge >= 0.3 is 0 Å². The highest BCUT2D eigenvalue weighted by molar-refractivity contribution is 6.11. The second-order valence-corrected chi connectivity index (χ2v) is 5.43. The summed E-state index contributed by atoms with van der Waals surface area (Å²) in [6.07, 6.45) is 1.67. The molecule has 1 aliphatic heterocycles. The fraction of sp³-hybridized carbons (Fsp3) is 0.562. The number of hydrogen-bond acceptors (Lipinski definition) is 4. The number of ketones is 1. The minimum Gasteiger partial charge on any atom is -0.491 e. The second-order valence-electron chi connectivity index (χ2n) is 5.43. The van der Waals surface area contributed by atoms with Crippen molar-refractivity contribution in [2.24, 2.45) is 0 Å². The van der Waals surface area contributed by atoms with Crippen LogP contribution < -0.4 is 9.47 Å². The van der Waals surface area contributed by atoms with Crippen LogP contribution in [-0.2, 0) is 0 Å². The molecule has 0 aromatic heterocycles. The number of carbonyl (C=O) groups excluding carboxylic acids is 1. The first-order valence-corrected chi connectivity index (χ1v) is 7.42. The molecule has 20 heavy (non-hydrogen) atoms. The van der Waals surface area contributed by atoms with E-state index in [-0.39, 0.29) is 5.78 Å². The van der Waals surface area contributed by atoms with Gasteiger partial charge in [0, 0.05) is 6.54 Å². The lowest BCUT2D eigenvalue weighted by Gasteiger charge is -2.18. The maximum Gasteiger partial charge on any atom is 0.213 e. The number of likely N-dealkylation sites (N-methyl/N-ethyl adjacent to an activating group) is 1. The van der Waals surface area contributed by atoms with Crippen molar-refractivity contribution in [3.63, 3.8) is 0 Å². The summed E-state index contributed by atoms with van der Waals surface area (Å²) in [4.78, 5) is 14.7. The van der Waals surface area contributed by atoms with Crippen molar-refractivity contribution in [3.8, 4) is 11.5 Å². The van der Waals surface area contributed by atoms with E-state index in [9.17, 15) is 4.79 Å². The topological polar surface area (TPSA) is 38.8 Å². The number of fused-ring (bicyclic) bond motifs is 1. The van der Waals surface area contributed by atoms with E-state index >= 15 is 0 Å². The standard InChI is InChI=1S/C16H21NO3/c1-3-17(4-2)10-11-19-12-6-5-7-13-14(12)15(18)16(20-13)8-9-16/h5-7H,3-4,8-11H2,1-2H3. The van der Waals surface area contributed by atoms with Crippen molar-refractivity contribution in [1.82, 2.24) is 4.90 Å². The Hall–Kier alpha value is -1.55. The van der Waals surface area contributed by atoms with Gasteiger partial charge in [0.05, 0.1) is 0 Å². The van der Waals surface area contributed by atoms with Gasteiger partial charge in [-0.05, 0) is 38.1 Å². The predicted molar refractivity (Wildman–Crippen MR) is 76.6 cm³/mol. The molecule has 0 atom stereocenters. The SMILES string of the molecule is CCN(CC)CCOc1cccc2c1C(=O)C1(CC1)O2. The Morgan fingerprint density at radius 3 is 2.70 bits per heavy atom. The Morgan fingerprint density at radius 1 is 1.30 bits per heavy atom. The molecule has 4 nitrogen and oxygen atoms in total. The summed E-state index contributed by atoms with van der Waals surface area (Å²) in [5, 5.41) is 0. The van der Waals surface area contributed by atoms with Gasteiger partial charge in [-0.1, -0.05) is 19.9 Å². The summed E-state index contributed by atoms with van der Waals surface area (Å²) in [6, 6.07) is 5.61. The molecule has 0 unspecified atom stereocenters. The number of ether oxygens (including phenoxy) is 2. The molecule has 2 aliphatic rings. The molecule has 1 heterocycles. The summed E-state index contributed by atoms with van der Waals surface area (Å²) >= 11 is 0. The first kappa shape index (κ1) is 13.4. The Labute approximate surface area is 119 Å². The van der Waals surface area contributed by atoms with Crippen molar-refractivity contribution in [2.75, 3.05) is 26.2 Å². The molecule has 1 aliphatic carbocycles. The fourth-order valence-electron chi connectivity index (χ4n) is 2.69. The quantitative estimate of drug-likeness (QED) is 0.799. The molecule has 1 aromatic carbocycles. The highest BCUT2D eigenvalue weighted by atomic mass is 16.5. The molecule has 0 radical (unpaired) electrons. The fourth-order valence-corrected chi connectivity index (χ4v) is 2.69. The molecule has 0 saturated heterocycles. The second kappa shape index (κ2) is 5.09. The molecule has 1 fully saturated rings. The maximum absolute atomic E-state index is 12.4. The molecule has 1 aromatic rings. The zero-order valence-corrected chi connectivity index (χ0v) is 12.1. The zero-order chi connectivity index (χ0) is 14.2. The van der Waals surface area contributed by atoms with E-state index < -0.39 is 5.60 Å². The van der Waals surface area contributed by atoms with Crippen molar-refractivity contribution >= 4 is 5.78 Å². The van der Waals surface area contributed by atoms with E-state index in [4.69, 9.17) is 9.47 Å². The highest BCUT2D eigenvalue weighted by Gasteiger charge is 2.58. The third kappa shape index (κ3) is 2.18. The zero-order valence-electron chi connectivity index (χ0n) is 12.1. The Morgan fingerprint density at radius 2 is 2.05 bits per heavy atom. The van der Waals surface area contributed by atoms with E-state index in [1.165, 1.54) is 0 Å². The van der Waals surface area contributed by atoms with E-state index in [0.717, 1.165) is 32.5 Å². The molecule has 1 spiro atoms. The highest BCUT2D eigenvalue weighted by Crippen LogP contribution is 2.51. The van der Waals surface area contributed by atoms with Crippen LogP contribution in [0.15, 0.2) is 18.2 Å². The Balaban J connectivity index is 1.70. The van der Waals surface area contributed by atoms with E-state index in [2.05, 4.69) is 18.7 Å². The monoisotopic (exact) mass is 275 g/mol. The van der Waals surface area contributed by atoms with Crippen molar-refractivity contribution in [2.45, 2.75) is 32.3 Å². The van der Waals surface area contributed by atoms with Gasteiger partial charge in [0.1, 0.15) is 23.7 Å². The van der Waals surface area contributed by atoms with Gasteiger partial charge in [-0.2, -0.15) is 0 Å². The largest absolute Gasteiger partial charge is 0.491 e. The lowest BCUT2D eigenvalue weighted by atomic mass is 10.1. The van der Waals surface area contributed by atoms with E-state index in [1.807, 2.05) is 18.2 Å². The van der Waals surface area contributed by atoms with Crippen molar-refractivity contribution < 1.29 is 14.3 Å². The third-order valence-corrected chi connectivity index (χ3v) is 4.20. The van der Waals surface area contributed by atoms with E-state index in [0.29, 0.717) is 23.7 Å². The molecule has 3 rings (SSSR count). The minimum absolute atomic E-state index is 0.103. The summed E-state index contributed by atoms with van der Waals surface area (Å²) in [7, 11) is 0. The van der Waals surface area contributed by atoms with Crippen LogP contribution in [0.1, 0.15) is 37.0 Å². The first-order chi connectivity index (χ1) is 9.70. The molecule has 0 bridgehead atoms. The molecule has 1 saturated carbocycles. The van der Waals surface area contributed by atoms with E-state index in [1.54, 1.807) is 0 Å². The number of benzene rings is 1. The average Bonchev–Trinajstić information content (AvgIpc) is 3.18. The van der Waals surface area contributed by atoms with Crippen LogP contribution >= 0.6 is 0 Å². The normalized spacial score (nSPS) is 18.2. The van der Waals surface area contributed by atoms with Gasteiger partial charge in [-0.3, -0.25) is 4.79 Å². The van der Waals surface area contributed by atoms with Gasteiger partial charge in [0.25, 0.3) is 0 Å². The molecule has 0 N–H and O–H groups in total. The van der Waals surface area contributed by atoms with Crippen LogP contribution in [0.5, 0.6) is 11.5 Å². The van der Waals surface area contributed by atoms with Crippen LogP contribution in [0, 0.1) is 0 Å². The Kier molecular flexibility index (Phi) is 3.42. The number of hydrogen-bond donors (Lipinski definition) is 0. The number of nitrogens with zero attached hydrogens (tertiary/aromatic N) is 1. The Bertz CT molecular complexity index is 518. The molecule has 0 amide bonds. The average molecular weight is 275 g/mol. The summed E-state index contributed by atoms with van der Waals surface area (Å²) in [5.74, 6) is 1.46. The molecule has 108 valence electrons.